The number of nitrogens with one attached hydrogen (secondary N) is 2. The molecule has 0 heterocycles. The van der Waals surface area contributed by atoms with Gasteiger partial charge in [0.05, 0.1) is 6.54 Å². The van der Waals surface area contributed by atoms with E-state index < -0.39 is 0 Å². The smallest absolute Gasteiger partial charge is 0.243 e. The Kier molecular flexibility index (Phi) is 5.74. The predicted octanol–water partition coefficient (Wildman–Crippen LogP) is 4.31. The van der Waals surface area contributed by atoms with Gasteiger partial charge in [0.1, 0.15) is 5.82 Å². The molecule has 0 spiro atoms. The van der Waals surface area contributed by atoms with Crippen LogP contribution in [0.15, 0.2) is 36.4 Å². The average molecular weight is 314 g/mol. The van der Waals surface area contributed by atoms with Crippen molar-refractivity contribution >= 4 is 17.3 Å². The van der Waals surface area contributed by atoms with Crippen molar-refractivity contribution in [1.82, 2.24) is 0 Å². The number of amides is 1. The Morgan fingerprint density at radius 2 is 1.74 bits per heavy atom. The summed E-state index contributed by atoms with van der Waals surface area (Å²) in [5, 5.41) is 6.06. The zero-order valence-electron chi connectivity index (χ0n) is 13.9. The van der Waals surface area contributed by atoms with Crippen LogP contribution in [0.5, 0.6) is 0 Å². The first-order valence-electron chi connectivity index (χ1n) is 7.95. The first-order chi connectivity index (χ1) is 11.0. The highest BCUT2D eigenvalue weighted by molar-refractivity contribution is 5.95. The number of benzene rings is 2. The van der Waals surface area contributed by atoms with E-state index in [4.69, 9.17) is 0 Å². The van der Waals surface area contributed by atoms with Crippen LogP contribution in [0.2, 0.25) is 0 Å². The van der Waals surface area contributed by atoms with Crippen molar-refractivity contribution in [1.29, 1.82) is 0 Å². The summed E-state index contributed by atoms with van der Waals surface area (Å²) in [6, 6.07) is 10.6. The van der Waals surface area contributed by atoms with Crippen molar-refractivity contribution < 1.29 is 9.18 Å². The van der Waals surface area contributed by atoms with Gasteiger partial charge in [-0.25, -0.2) is 4.39 Å². The van der Waals surface area contributed by atoms with Crippen LogP contribution in [-0.2, 0) is 17.6 Å². The summed E-state index contributed by atoms with van der Waals surface area (Å²) < 4.78 is 13.1. The molecule has 0 aliphatic heterocycles. The summed E-state index contributed by atoms with van der Waals surface area (Å²) in [7, 11) is 0. The molecule has 0 atom stereocenters. The maximum absolute atomic E-state index is 13.1. The fourth-order valence-electron chi connectivity index (χ4n) is 2.59. The van der Waals surface area contributed by atoms with E-state index in [0.29, 0.717) is 0 Å². The zero-order valence-corrected chi connectivity index (χ0v) is 13.9. The van der Waals surface area contributed by atoms with Crippen molar-refractivity contribution in [2.75, 3.05) is 17.2 Å². The lowest BCUT2D eigenvalue weighted by Crippen LogP contribution is -2.23. The molecule has 23 heavy (non-hydrogen) atoms. The van der Waals surface area contributed by atoms with Crippen LogP contribution < -0.4 is 10.6 Å². The summed E-state index contributed by atoms with van der Waals surface area (Å²) in [6.45, 7) is 6.10. The lowest BCUT2D eigenvalue weighted by Gasteiger charge is -2.15. The number of halogens is 1. The number of aryl methyl sites for hydroxylation is 3. The van der Waals surface area contributed by atoms with Crippen LogP contribution in [0.25, 0.3) is 0 Å². The summed E-state index contributed by atoms with van der Waals surface area (Å²) in [6.07, 6.45) is 1.74. The molecule has 0 aliphatic rings. The third-order valence-corrected chi connectivity index (χ3v) is 3.89. The molecule has 2 N–H and O–H groups in total. The third-order valence-electron chi connectivity index (χ3n) is 3.89. The maximum atomic E-state index is 13.1. The van der Waals surface area contributed by atoms with E-state index in [-0.39, 0.29) is 18.3 Å². The van der Waals surface area contributed by atoms with Gasteiger partial charge in [-0.1, -0.05) is 32.0 Å². The molecule has 0 aliphatic carbocycles. The Morgan fingerprint density at radius 1 is 1.09 bits per heavy atom. The van der Waals surface area contributed by atoms with Gasteiger partial charge in [-0.2, -0.15) is 0 Å². The molecule has 0 saturated heterocycles. The Morgan fingerprint density at radius 3 is 2.30 bits per heavy atom. The Bertz CT molecular complexity index is 676. The van der Waals surface area contributed by atoms with Gasteiger partial charge in [-0.15, -0.1) is 0 Å². The second kappa shape index (κ2) is 7.77. The highest BCUT2D eigenvalue weighted by Crippen LogP contribution is 2.22. The molecule has 0 fully saturated rings. The summed E-state index contributed by atoms with van der Waals surface area (Å²) in [4.78, 5) is 12.3. The Labute approximate surface area is 136 Å². The molecule has 2 rings (SSSR count). The van der Waals surface area contributed by atoms with Crippen molar-refractivity contribution in [2.45, 2.75) is 33.6 Å². The number of hydrogen-bond acceptors (Lipinski definition) is 2. The monoisotopic (exact) mass is 314 g/mol. The largest absolute Gasteiger partial charge is 0.376 e. The number of hydrogen-bond donors (Lipinski definition) is 2. The van der Waals surface area contributed by atoms with Gasteiger partial charge < -0.3 is 10.6 Å². The molecule has 122 valence electrons. The highest BCUT2D eigenvalue weighted by Gasteiger charge is 2.10. The number of carbonyl (C=O) groups is 1. The molecule has 4 heteroatoms. The molecule has 0 bridgehead atoms. The van der Waals surface area contributed by atoms with Crippen molar-refractivity contribution in [2.24, 2.45) is 0 Å². The first-order valence-corrected chi connectivity index (χ1v) is 7.95. The van der Waals surface area contributed by atoms with E-state index >= 15 is 0 Å². The van der Waals surface area contributed by atoms with Crippen LogP contribution in [0.3, 0.4) is 0 Å². The van der Waals surface area contributed by atoms with Gasteiger partial charge in [-0.3, -0.25) is 4.79 Å². The molecule has 0 radical (unpaired) electrons. The molecule has 3 nitrogen and oxygen atoms in total. The highest BCUT2D eigenvalue weighted by atomic mass is 19.1. The van der Waals surface area contributed by atoms with E-state index in [1.807, 2.05) is 25.1 Å². The lowest BCUT2D eigenvalue weighted by molar-refractivity contribution is -0.114. The minimum absolute atomic E-state index is 0.107. The topological polar surface area (TPSA) is 41.1 Å². The van der Waals surface area contributed by atoms with E-state index in [1.54, 1.807) is 6.07 Å². The number of anilines is 2. The Hall–Kier alpha value is -2.36. The minimum Gasteiger partial charge on any atom is -0.376 e. The summed E-state index contributed by atoms with van der Waals surface area (Å²) in [5.41, 5.74) is 4.73. The second-order valence-corrected chi connectivity index (χ2v) is 5.52. The number of para-hydroxylation sites is 1. The molecule has 2 aromatic rings. The van der Waals surface area contributed by atoms with E-state index in [9.17, 15) is 9.18 Å². The number of rotatable bonds is 6. The van der Waals surface area contributed by atoms with Gasteiger partial charge in [0.15, 0.2) is 0 Å². The SMILES string of the molecule is CCc1cccc(CC)c1NC(=O)CNc1ccc(F)cc1C. The van der Waals surface area contributed by atoms with Crippen LogP contribution in [-0.4, -0.2) is 12.5 Å². The molecule has 1 amide bonds. The molecule has 2 aromatic carbocycles. The zero-order chi connectivity index (χ0) is 16.8. The summed E-state index contributed by atoms with van der Waals surface area (Å²) >= 11 is 0. The lowest BCUT2D eigenvalue weighted by atomic mass is 10.0. The van der Waals surface area contributed by atoms with E-state index in [0.717, 1.165) is 40.9 Å². The maximum Gasteiger partial charge on any atom is 0.243 e. The molecule has 0 saturated carbocycles. The van der Waals surface area contributed by atoms with Gasteiger partial charge in [0, 0.05) is 11.4 Å². The van der Waals surface area contributed by atoms with Crippen molar-refractivity contribution in [3.05, 3.63) is 58.9 Å². The van der Waals surface area contributed by atoms with Gasteiger partial charge in [-0.05, 0) is 54.7 Å². The van der Waals surface area contributed by atoms with E-state index in [2.05, 4.69) is 24.5 Å². The van der Waals surface area contributed by atoms with Gasteiger partial charge in [0.2, 0.25) is 5.91 Å². The molecular formula is C19H23FN2O. The van der Waals surface area contributed by atoms with Gasteiger partial charge in [0.25, 0.3) is 0 Å². The van der Waals surface area contributed by atoms with Gasteiger partial charge >= 0.3 is 0 Å². The first kappa shape index (κ1) is 17.0. The van der Waals surface area contributed by atoms with Crippen LogP contribution in [0.4, 0.5) is 15.8 Å². The fourth-order valence-corrected chi connectivity index (χ4v) is 2.59. The van der Waals surface area contributed by atoms with E-state index in [1.165, 1.54) is 12.1 Å². The third kappa shape index (κ3) is 4.31. The minimum atomic E-state index is -0.276. The fraction of sp³-hybridized carbons (Fsp3) is 0.316. The number of carbonyl (C=O) groups excluding carboxylic acids is 1. The Balaban J connectivity index is 2.05. The van der Waals surface area contributed by atoms with Crippen LogP contribution in [0, 0.1) is 12.7 Å². The van der Waals surface area contributed by atoms with Crippen molar-refractivity contribution in [3.63, 3.8) is 0 Å². The molecular weight excluding hydrogens is 291 g/mol. The average Bonchev–Trinajstić information content (AvgIpc) is 2.54. The van der Waals surface area contributed by atoms with Crippen molar-refractivity contribution in [3.8, 4) is 0 Å². The predicted molar refractivity (Wildman–Crippen MR) is 93.5 cm³/mol. The molecule has 0 unspecified atom stereocenters. The van der Waals surface area contributed by atoms with Crippen LogP contribution in [0.1, 0.15) is 30.5 Å². The molecule has 0 aromatic heterocycles. The second-order valence-electron chi connectivity index (χ2n) is 5.52. The normalized spacial score (nSPS) is 10.4. The van der Waals surface area contributed by atoms with Crippen LogP contribution >= 0.6 is 0 Å². The quantitative estimate of drug-likeness (QED) is 0.834. The summed E-state index contributed by atoms with van der Waals surface area (Å²) in [5.74, 6) is -0.383. The standard InChI is InChI=1S/C19H23FN2O/c1-4-14-7-6-8-15(5-2)19(14)22-18(23)12-21-17-10-9-16(20)11-13(17)3/h6-11,21H,4-5,12H2,1-3H3,(H,22,23).